The van der Waals surface area contributed by atoms with Crippen LogP contribution in [0.15, 0.2) is 16.9 Å². The average Bonchev–Trinajstić information content (AvgIpc) is 2.34. The van der Waals surface area contributed by atoms with E-state index in [4.69, 9.17) is 21.1 Å². The molecule has 0 spiro atoms. The van der Waals surface area contributed by atoms with E-state index in [0.29, 0.717) is 22.4 Å². The second-order valence-electron chi connectivity index (χ2n) is 3.47. The smallest absolute Gasteiger partial charge is 0.349 e. The minimum absolute atomic E-state index is 0.157. The number of halogens is 1. The molecule has 1 aromatic heterocycles. The third-order valence-electron chi connectivity index (χ3n) is 2.57. The van der Waals surface area contributed by atoms with E-state index in [1.165, 1.54) is 18.8 Å². The summed E-state index contributed by atoms with van der Waals surface area (Å²) in [6, 6.07) is 3.39. The lowest BCUT2D eigenvalue weighted by Gasteiger charge is -2.11. The first-order chi connectivity index (χ1) is 8.08. The van der Waals surface area contributed by atoms with Gasteiger partial charge in [-0.15, -0.1) is 0 Å². The summed E-state index contributed by atoms with van der Waals surface area (Å²) in [6.45, 7) is 0. The van der Waals surface area contributed by atoms with Crippen LogP contribution in [0.2, 0.25) is 5.15 Å². The van der Waals surface area contributed by atoms with Crippen molar-refractivity contribution in [1.82, 2.24) is 9.55 Å². The number of hydrogen-bond donors (Lipinski definition) is 0. The molecule has 90 valence electrons. The molecule has 0 radical (unpaired) electrons. The molecule has 0 saturated carbocycles. The molecule has 1 aromatic carbocycles. The molecule has 0 saturated heterocycles. The van der Waals surface area contributed by atoms with E-state index >= 15 is 0 Å². The van der Waals surface area contributed by atoms with Crippen LogP contribution in [-0.4, -0.2) is 23.8 Å². The van der Waals surface area contributed by atoms with Crippen LogP contribution in [0.4, 0.5) is 0 Å². The lowest BCUT2D eigenvalue weighted by atomic mass is 10.2. The molecule has 17 heavy (non-hydrogen) atoms. The molecule has 0 N–H and O–H groups in total. The maximum absolute atomic E-state index is 11.5. The molecule has 1 heterocycles. The van der Waals surface area contributed by atoms with Crippen LogP contribution in [0.25, 0.3) is 10.9 Å². The largest absolute Gasteiger partial charge is 0.493 e. The van der Waals surface area contributed by atoms with E-state index in [1.54, 1.807) is 19.2 Å². The summed E-state index contributed by atoms with van der Waals surface area (Å²) in [5, 5.41) is 0.801. The maximum Gasteiger partial charge on any atom is 0.349 e. The fourth-order valence-corrected chi connectivity index (χ4v) is 1.86. The van der Waals surface area contributed by atoms with Gasteiger partial charge in [0.1, 0.15) is 5.15 Å². The molecule has 0 bridgehead atoms. The highest BCUT2D eigenvalue weighted by Gasteiger charge is 2.12. The van der Waals surface area contributed by atoms with Gasteiger partial charge in [0, 0.05) is 18.5 Å². The van der Waals surface area contributed by atoms with Crippen LogP contribution >= 0.6 is 11.6 Å². The zero-order chi connectivity index (χ0) is 12.6. The molecule has 0 aliphatic carbocycles. The molecule has 0 atom stereocenters. The summed E-state index contributed by atoms with van der Waals surface area (Å²) < 4.78 is 11.8. The summed E-state index contributed by atoms with van der Waals surface area (Å²) >= 11 is 5.94. The van der Waals surface area contributed by atoms with Crippen LogP contribution in [0, 0.1) is 0 Å². The van der Waals surface area contributed by atoms with Gasteiger partial charge in [0.15, 0.2) is 11.5 Å². The summed E-state index contributed by atoms with van der Waals surface area (Å²) in [7, 11) is 4.69. The molecule has 5 nitrogen and oxygen atoms in total. The van der Waals surface area contributed by atoms with Gasteiger partial charge in [-0.25, -0.2) is 4.79 Å². The van der Waals surface area contributed by atoms with Crippen LogP contribution in [0.1, 0.15) is 0 Å². The summed E-state index contributed by atoms with van der Waals surface area (Å²) in [4.78, 5) is 15.2. The monoisotopic (exact) mass is 254 g/mol. The predicted molar refractivity (Wildman–Crippen MR) is 65.1 cm³/mol. The van der Waals surface area contributed by atoms with Gasteiger partial charge in [-0.05, 0) is 6.07 Å². The van der Waals surface area contributed by atoms with Gasteiger partial charge >= 0.3 is 5.69 Å². The maximum atomic E-state index is 11.5. The van der Waals surface area contributed by atoms with Gasteiger partial charge in [0.05, 0.1) is 19.7 Å². The van der Waals surface area contributed by atoms with Crippen LogP contribution in [0.3, 0.4) is 0 Å². The van der Waals surface area contributed by atoms with Gasteiger partial charge in [0.25, 0.3) is 0 Å². The van der Waals surface area contributed by atoms with Gasteiger partial charge < -0.3 is 9.47 Å². The highest BCUT2D eigenvalue weighted by atomic mass is 35.5. The molecular formula is C11H11ClN2O3. The first-order valence-electron chi connectivity index (χ1n) is 4.86. The second kappa shape index (κ2) is 4.25. The predicted octanol–water partition coefficient (Wildman–Crippen LogP) is 1.60. The number of aryl methyl sites for hydroxylation is 1. The van der Waals surface area contributed by atoms with E-state index in [1.807, 2.05) is 0 Å². The highest BCUT2D eigenvalue weighted by molar-refractivity contribution is 6.34. The van der Waals surface area contributed by atoms with Crippen molar-refractivity contribution in [3.63, 3.8) is 0 Å². The molecule has 0 unspecified atom stereocenters. The molecular weight excluding hydrogens is 244 g/mol. The van der Waals surface area contributed by atoms with Crippen molar-refractivity contribution in [2.45, 2.75) is 0 Å². The van der Waals surface area contributed by atoms with Crippen molar-refractivity contribution < 1.29 is 9.47 Å². The first kappa shape index (κ1) is 11.7. The van der Waals surface area contributed by atoms with Crippen molar-refractivity contribution in [2.75, 3.05) is 14.2 Å². The van der Waals surface area contributed by atoms with Crippen molar-refractivity contribution in [3.8, 4) is 11.5 Å². The standard InChI is InChI=1S/C11H11ClN2O3/c1-14-7-5-9(17-3)8(16-2)4-6(7)10(12)13-11(14)15/h4-5H,1-3H3. The first-order valence-corrected chi connectivity index (χ1v) is 5.24. The van der Waals surface area contributed by atoms with E-state index in [-0.39, 0.29) is 5.15 Å². The highest BCUT2D eigenvalue weighted by Crippen LogP contribution is 2.33. The molecule has 0 aliphatic rings. The molecule has 6 heteroatoms. The fourth-order valence-electron chi connectivity index (χ4n) is 1.63. The minimum atomic E-state index is -0.408. The Morgan fingerprint density at radius 1 is 1.24 bits per heavy atom. The molecule has 0 amide bonds. The third-order valence-corrected chi connectivity index (χ3v) is 2.85. The number of nitrogens with zero attached hydrogens (tertiary/aromatic N) is 2. The third kappa shape index (κ3) is 1.82. The van der Waals surface area contributed by atoms with Crippen molar-refractivity contribution >= 4 is 22.5 Å². The van der Waals surface area contributed by atoms with E-state index in [2.05, 4.69) is 4.98 Å². The topological polar surface area (TPSA) is 53.3 Å². The van der Waals surface area contributed by atoms with Crippen molar-refractivity contribution in [2.24, 2.45) is 7.05 Å². The lowest BCUT2D eigenvalue weighted by Crippen LogP contribution is -2.20. The van der Waals surface area contributed by atoms with Crippen molar-refractivity contribution in [3.05, 3.63) is 27.8 Å². The summed E-state index contributed by atoms with van der Waals surface area (Å²) in [6.07, 6.45) is 0. The minimum Gasteiger partial charge on any atom is -0.493 e. The number of aromatic nitrogens is 2. The number of ether oxygens (including phenoxy) is 2. The van der Waals surface area contributed by atoms with E-state index in [9.17, 15) is 4.79 Å². The number of fused-ring (bicyclic) bond motifs is 1. The Morgan fingerprint density at radius 2 is 1.82 bits per heavy atom. The zero-order valence-corrected chi connectivity index (χ0v) is 10.4. The quantitative estimate of drug-likeness (QED) is 0.764. The molecule has 2 aromatic rings. The Hall–Kier alpha value is -1.75. The van der Waals surface area contributed by atoms with Crippen LogP contribution in [0.5, 0.6) is 11.5 Å². The normalized spacial score (nSPS) is 10.6. The molecule has 0 aliphatic heterocycles. The van der Waals surface area contributed by atoms with Gasteiger partial charge in [-0.3, -0.25) is 4.57 Å². The van der Waals surface area contributed by atoms with E-state index < -0.39 is 5.69 Å². The van der Waals surface area contributed by atoms with Crippen LogP contribution in [-0.2, 0) is 7.05 Å². The second-order valence-corrected chi connectivity index (χ2v) is 3.83. The van der Waals surface area contributed by atoms with Crippen LogP contribution < -0.4 is 15.2 Å². The number of benzene rings is 1. The average molecular weight is 255 g/mol. The van der Waals surface area contributed by atoms with Crippen molar-refractivity contribution in [1.29, 1.82) is 0 Å². The Balaban J connectivity index is 2.92. The Labute approximate surface area is 103 Å². The zero-order valence-electron chi connectivity index (χ0n) is 9.65. The summed E-state index contributed by atoms with van der Waals surface area (Å²) in [5.41, 5.74) is 0.238. The Morgan fingerprint density at radius 3 is 2.41 bits per heavy atom. The molecule has 0 fully saturated rings. The SMILES string of the molecule is COc1cc2c(Cl)nc(=O)n(C)c2cc1OC. The summed E-state index contributed by atoms with van der Waals surface area (Å²) in [5.74, 6) is 1.08. The Kier molecular flexibility index (Phi) is 2.93. The Bertz CT molecular complexity index is 637. The van der Waals surface area contributed by atoms with Gasteiger partial charge in [0.2, 0.25) is 0 Å². The number of rotatable bonds is 2. The van der Waals surface area contributed by atoms with Gasteiger partial charge in [-0.2, -0.15) is 4.98 Å². The van der Waals surface area contributed by atoms with Gasteiger partial charge in [-0.1, -0.05) is 11.6 Å². The lowest BCUT2D eigenvalue weighted by molar-refractivity contribution is 0.355. The molecule has 2 rings (SSSR count). The number of hydrogen-bond acceptors (Lipinski definition) is 4. The fraction of sp³-hybridized carbons (Fsp3) is 0.273. The number of methoxy groups -OCH3 is 2. The van der Waals surface area contributed by atoms with E-state index in [0.717, 1.165) is 0 Å².